The Hall–Kier alpha value is -1.79. The van der Waals surface area contributed by atoms with Gasteiger partial charge in [0.25, 0.3) is 0 Å². The lowest BCUT2D eigenvalue weighted by Crippen LogP contribution is -2.24. The van der Waals surface area contributed by atoms with Crippen molar-refractivity contribution < 1.29 is 4.79 Å². The maximum absolute atomic E-state index is 12.3. The Kier molecular flexibility index (Phi) is 4.59. The Bertz CT molecular complexity index is 513. The smallest absolute Gasteiger partial charge is 0.227 e. The SMILES string of the molecule is CC1CCCC1C(=O)Nc1ccccc1C#CCN. The van der Waals surface area contributed by atoms with E-state index < -0.39 is 0 Å². The average molecular weight is 256 g/mol. The molecule has 1 aromatic rings. The van der Waals surface area contributed by atoms with E-state index in [1.807, 2.05) is 24.3 Å². The summed E-state index contributed by atoms with van der Waals surface area (Å²) in [6, 6.07) is 7.60. The van der Waals surface area contributed by atoms with Crippen molar-refractivity contribution in [1.29, 1.82) is 0 Å². The van der Waals surface area contributed by atoms with E-state index in [0.717, 1.165) is 30.5 Å². The zero-order chi connectivity index (χ0) is 13.7. The fourth-order valence-corrected chi connectivity index (χ4v) is 2.61. The fraction of sp³-hybridized carbons (Fsp3) is 0.438. The maximum Gasteiger partial charge on any atom is 0.227 e. The molecular formula is C16H20N2O. The molecular weight excluding hydrogens is 236 g/mol. The zero-order valence-electron chi connectivity index (χ0n) is 11.3. The number of amides is 1. The zero-order valence-corrected chi connectivity index (χ0v) is 11.3. The first-order valence-corrected chi connectivity index (χ1v) is 6.81. The van der Waals surface area contributed by atoms with Crippen molar-refractivity contribution in [2.24, 2.45) is 17.6 Å². The van der Waals surface area contributed by atoms with Crippen LogP contribution in [0.2, 0.25) is 0 Å². The minimum Gasteiger partial charge on any atom is -0.325 e. The molecule has 0 bridgehead atoms. The quantitative estimate of drug-likeness (QED) is 0.798. The van der Waals surface area contributed by atoms with E-state index in [9.17, 15) is 4.79 Å². The van der Waals surface area contributed by atoms with Crippen LogP contribution in [0.3, 0.4) is 0 Å². The van der Waals surface area contributed by atoms with Crippen LogP contribution in [0, 0.1) is 23.7 Å². The van der Waals surface area contributed by atoms with Crippen LogP contribution in [0.4, 0.5) is 5.69 Å². The largest absolute Gasteiger partial charge is 0.325 e. The number of nitrogens with one attached hydrogen (secondary N) is 1. The van der Waals surface area contributed by atoms with Crippen LogP contribution in [-0.4, -0.2) is 12.5 Å². The normalized spacial score (nSPS) is 21.6. The molecule has 3 heteroatoms. The average Bonchev–Trinajstić information content (AvgIpc) is 2.84. The minimum absolute atomic E-state index is 0.118. The molecule has 0 radical (unpaired) electrons. The maximum atomic E-state index is 12.3. The van der Waals surface area contributed by atoms with Gasteiger partial charge in [0.15, 0.2) is 0 Å². The summed E-state index contributed by atoms with van der Waals surface area (Å²) in [6.45, 7) is 2.47. The first-order chi connectivity index (χ1) is 9.22. The van der Waals surface area contributed by atoms with Gasteiger partial charge in [-0.1, -0.05) is 37.3 Å². The van der Waals surface area contributed by atoms with Gasteiger partial charge >= 0.3 is 0 Å². The number of carbonyl (C=O) groups excluding carboxylic acids is 1. The molecule has 2 rings (SSSR count). The number of hydrogen-bond acceptors (Lipinski definition) is 2. The molecule has 3 nitrogen and oxygen atoms in total. The summed E-state index contributed by atoms with van der Waals surface area (Å²) >= 11 is 0. The Morgan fingerprint density at radius 2 is 2.21 bits per heavy atom. The first kappa shape index (κ1) is 13.6. The molecule has 19 heavy (non-hydrogen) atoms. The summed E-state index contributed by atoms with van der Waals surface area (Å²) in [5, 5.41) is 3.01. The molecule has 0 aliphatic heterocycles. The second-order valence-electron chi connectivity index (χ2n) is 5.06. The Balaban J connectivity index is 2.12. The predicted octanol–water partition coefficient (Wildman–Crippen LogP) is 2.37. The summed E-state index contributed by atoms with van der Waals surface area (Å²) in [5.74, 6) is 6.54. The van der Waals surface area contributed by atoms with Crippen LogP contribution in [-0.2, 0) is 4.79 Å². The molecule has 0 heterocycles. The van der Waals surface area contributed by atoms with Crippen molar-refractivity contribution in [2.45, 2.75) is 26.2 Å². The number of carbonyl (C=O) groups is 1. The highest BCUT2D eigenvalue weighted by Gasteiger charge is 2.29. The molecule has 1 fully saturated rings. The Morgan fingerprint density at radius 3 is 2.89 bits per heavy atom. The molecule has 1 aromatic carbocycles. The molecule has 0 saturated heterocycles. The van der Waals surface area contributed by atoms with Crippen molar-refractivity contribution >= 4 is 11.6 Å². The van der Waals surface area contributed by atoms with Crippen LogP contribution in [0.5, 0.6) is 0 Å². The van der Waals surface area contributed by atoms with Crippen molar-refractivity contribution in [3.8, 4) is 11.8 Å². The molecule has 0 aromatic heterocycles. The first-order valence-electron chi connectivity index (χ1n) is 6.81. The molecule has 0 spiro atoms. The number of nitrogens with two attached hydrogens (primary N) is 1. The lowest BCUT2D eigenvalue weighted by Gasteiger charge is -2.15. The van der Waals surface area contributed by atoms with Gasteiger partial charge in [-0.2, -0.15) is 0 Å². The van der Waals surface area contributed by atoms with Gasteiger partial charge in [0.05, 0.1) is 12.2 Å². The lowest BCUT2D eigenvalue weighted by molar-refractivity contribution is -0.120. The van der Waals surface area contributed by atoms with E-state index in [4.69, 9.17) is 5.73 Å². The number of para-hydroxylation sites is 1. The number of hydrogen-bond donors (Lipinski definition) is 2. The summed E-state index contributed by atoms with van der Waals surface area (Å²) in [7, 11) is 0. The van der Waals surface area contributed by atoms with E-state index >= 15 is 0 Å². The van der Waals surface area contributed by atoms with Gasteiger partial charge in [-0.3, -0.25) is 4.79 Å². The highest BCUT2D eigenvalue weighted by atomic mass is 16.1. The van der Waals surface area contributed by atoms with Gasteiger partial charge in [0, 0.05) is 11.5 Å². The molecule has 1 aliphatic rings. The van der Waals surface area contributed by atoms with E-state index in [-0.39, 0.29) is 11.8 Å². The van der Waals surface area contributed by atoms with Crippen molar-refractivity contribution in [1.82, 2.24) is 0 Å². The summed E-state index contributed by atoms with van der Waals surface area (Å²) in [6.07, 6.45) is 3.28. The molecule has 100 valence electrons. The van der Waals surface area contributed by atoms with Gasteiger partial charge < -0.3 is 11.1 Å². The predicted molar refractivity (Wildman–Crippen MR) is 77.5 cm³/mol. The minimum atomic E-state index is 0.118. The fourth-order valence-electron chi connectivity index (χ4n) is 2.61. The second-order valence-corrected chi connectivity index (χ2v) is 5.06. The van der Waals surface area contributed by atoms with Crippen molar-refractivity contribution in [3.63, 3.8) is 0 Å². The second kappa shape index (κ2) is 6.40. The van der Waals surface area contributed by atoms with Gasteiger partial charge in [-0.05, 0) is 30.9 Å². The Labute approximate surface area is 114 Å². The summed E-state index contributed by atoms with van der Waals surface area (Å²) in [5.41, 5.74) is 7.00. The Morgan fingerprint density at radius 1 is 1.42 bits per heavy atom. The van der Waals surface area contributed by atoms with Crippen LogP contribution in [0.15, 0.2) is 24.3 Å². The third kappa shape index (κ3) is 3.36. The van der Waals surface area contributed by atoms with Crippen molar-refractivity contribution in [3.05, 3.63) is 29.8 Å². The molecule has 2 atom stereocenters. The van der Waals surface area contributed by atoms with E-state index in [1.54, 1.807) is 0 Å². The third-order valence-corrected chi connectivity index (χ3v) is 3.71. The van der Waals surface area contributed by atoms with Crippen LogP contribution >= 0.6 is 0 Å². The molecule has 1 saturated carbocycles. The standard InChI is InChI=1S/C16H20N2O/c1-12-6-4-9-14(12)16(19)18-15-10-3-2-7-13(15)8-5-11-17/h2-3,7,10,12,14H,4,6,9,11,17H2,1H3,(H,18,19). The molecule has 2 unspecified atom stereocenters. The van der Waals surface area contributed by atoms with Gasteiger partial charge in [0.1, 0.15) is 0 Å². The van der Waals surface area contributed by atoms with Crippen LogP contribution in [0.25, 0.3) is 0 Å². The van der Waals surface area contributed by atoms with Gasteiger partial charge in [0.2, 0.25) is 5.91 Å². The van der Waals surface area contributed by atoms with E-state index in [2.05, 4.69) is 24.1 Å². The molecule has 1 amide bonds. The van der Waals surface area contributed by atoms with Crippen LogP contribution < -0.4 is 11.1 Å². The van der Waals surface area contributed by atoms with E-state index in [0.29, 0.717) is 12.5 Å². The van der Waals surface area contributed by atoms with Gasteiger partial charge in [-0.15, -0.1) is 0 Å². The third-order valence-electron chi connectivity index (χ3n) is 3.71. The molecule has 1 aliphatic carbocycles. The number of anilines is 1. The summed E-state index contributed by atoms with van der Waals surface area (Å²) < 4.78 is 0. The van der Waals surface area contributed by atoms with Crippen molar-refractivity contribution in [2.75, 3.05) is 11.9 Å². The van der Waals surface area contributed by atoms with Crippen LogP contribution in [0.1, 0.15) is 31.7 Å². The van der Waals surface area contributed by atoms with Gasteiger partial charge in [-0.25, -0.2) is 0 Å². The summed E-state index contributed by atoms with van der Waals surface area (Å²) in [4.78, 5) is 12.3. The highest BCUT2D eigenvalue weighted by molar-refractivity contribution is 5.94. The number of rotatable bonds is 2. The number of benzene rings is 1. The molecule has 3 N–H and O–H groups in total. The monoisotopic (exact) mass is 256 g/mol. The lowest BCUT2D eigenvalue weighted by atomic mass is 9.97. The van der Waals surface area contributed by atoms with E-state index in [1.165, 1.54) is 0 Å². The topological polar surface area (TPSA) is 55.1 Å². The highest BCUT2D eigenvalue weighted by Crippen LogP contribution is 2.32.